The number of fused-ring (bicyclic) bond motifs is 1. The van der Waals surface area contributed by atoms with Crippen LogP contribution in [-0.2, 0) is 27.3 Å². The average Bonchev–Trinajstić information content (AvgIpc) is 2.88. The zero-order valence-electron chi connectivity index (χ0n) is 13.3. The maximum absolute atomic E-state index is 12.5. The zero-order valence-corrected chi connectivity index (χ0v) is 13.3. The lowest BCUT2D eigenvalue weighted by Crippen LogP contribution is -2.52. The maximum Gasteiger partial charge on any atom is 0.295 e. The number of alkyl halides is 2. The van der Waals surface area contributed by atoms with Crippen molar-refractivity contribution in [1.82, 2.24) is 10.2 Å². The van der Waals surface area contributed by atoms with Crippen molar-refractivity contribution in [3.05, 3.63) is 34.9 Å². The zero-order chi connectivity index (χ0) is 18.1. The summed E-state index contributed by atoms with van der Waals surface area (Å²) >= 11 is 0. The van der Waals surface area contributed by atoms with Crippen molar-refractivity contribution >= 4 is 23.5 Å². The number of nitrogens with zero attached hydrogens (tertiary/aromatic N) is 1. The largest absolute Gasteiger partial charge is 0.322 e. The van der Waals surface area contributed by atoms with E-state index < -0.39 is 24.2 Å². The highest BCUT2D eigenvalue weighted by Crippen LogP contribution is 2.28. The van der Waals surface area contributed by atoms with E-state index >= 15 is 0 Å². The Labute approximate surface area is 142 Å². The first-order chi connectivity index (χ1) is 11.9. The number of Topliss-reactive ketones (excluding diaryl/α,β-unsaturated/α-hetero) is 1. The average molecular weight is 350 g/mol. The molecule has 2 aliphatic heterocycles. The van der Waals surface area contributed by atoms with Gasteiger partial charge in [-0.2, -0.15) is 0 Å². The third-order valence-corrected chi connectivity index (χ3v) is 4.49. The Bertz CT molecular complexity index is 763. The molecule has 6 nitrogen and oxygen atoms in total. The van der Waals surface area contributed by atoms with Crippen LogP contribution in [0.2, 0.25) is 0 Å². The van der Waals surface area contributed by atoms with Crippen LogP contribution in [0.15, 0.2) is 18.2 Å². The molecular formula is C17H16F2N2O4. The van der Waals surface area contributed by atoms with Crippen LogP contribution >= 0.6 is 0 Å². The second-order valence-corrected chi connectivity index (χ2v) is 6.16. The topological polar surface area (TPSA) is 83.6 Å². The third-order valence-electron chi connectivity index (χ3n) is 4.49. The van der Waals surface area contributed by atoms with Gasteiger partial charge in [-0.05, 0) is 30.0 Å². The molecule has 0 radical (unpaired) electrons. The number of benzene rings is 1. The first kappa shape index (κ1) is 17.2. The van der Waals surface area contributed by atoms with E-state index in [1.807, 2.05) is 0 Å². The maximum atomic E-state index is 12.5. The molecule has 1 aromatic rings. The summed E-state index contributed by atoms with van der Waals surface area (Å²) in [6.45, 7) is 0.219. The molecule has 3 amide bonds. The Balaban J connectivity index is 1.72. The standard InChI is InChI=1S/C17H16F2N2O4/c18-15(19)13(22)5-2-9-1-3-11-10(7-9)8-21(17(11)25)12-4-6-14(23)20-16(12)24/h1,3,7,12,15H,2,4-6,8H2,(H,20,23,24). The SMILES string of the molecule is O=C1CCC(N2Cc3cc(CCC(=O)C(F)F)ccc3C2=O)C(=O)N1. The second-order valence-electron chi connectivity index (χ2n) is 6.16. The molecule has 3 rings (SSSR count). The van der Waals surface area contributed by atoms with E-state index in [1.165, 1.54) is 4.90 Å². The van der Waals surface area contributed by atoms with Gasteiger partial charge < -0.3 is 4.90 Å². The van der Waals surface area contributed by atoms with E-state index in [9.17, 15) is 28.0 Å². The van der Waals surface area contributed by atoms with E-state index in [0.717, 1.165) is 0 Å². The van der Waals surface area contributed by atoms with Crippen molar-refractivity contribution in [3.8, 4) is 0 Å². The summed E-state index contributed by atoms with van der Waals surface area (Å²) in [5, 5.41) is 2.23. The minimum absolute atomic E-state index is 0.170. The number of carbonyl (C=O) groups is 4. The quantitative estimate of drug-likeness (QED) is 0.809. The summed E-state index contributed by atoms with van der Waals surface area (Å²) in [5.74, 6) is -2.24. The van der Waals surface area contributed by atoms with E-state index in [4.69, 9.17) is 0 Å². The first-order valence-electron chi connectivity index (χ1n) is 7.94. The number of amides is 3. The number of imide groups is 1. The minimum Gasteiger partial charge on any atom is -0.322 e. The molecule has 25 heavy (non-hydrogen) atoms. The number of hydrogen-bond acceptors (Lipinski definition) is 4. The Kier molecular flexibility index (Phi) is 4.61. The van der Waals surface area contributed by atoms with Crippen molar-refractivity contribution in [2.24, 2.45) is 0 Å². The molecule has 0 aromatic heterocycles. The number of aryl methyl sites for hydroxylation is 1. The van der Waals surface area contributed by atoms with Crippen molar-refractivity contribution < 1.29 is 28.0 Å². The number of nitrogens with one attached hydrogen (secondary N) is 1. The summed E-state index contributed by atoms with van der Waals surface area (Å²) in [4.78, 5) is 48.2. The molecule has 1 N–H and O–H groups in total. The highest BCUT2D eigenvalue weighted by Gasteiger charge is 2.39. The fraction of sp³-hybridized carbons (Fsp3) is 0.412. The smallest absolute Gasteiger partial charge is 0.295 e. The van der Waals surface area contributed by atoms with E-state index in [1.54, 1.807) is 18.2 Å². The van der Waals surface area contributed by atoms with Gasteiger partial charge in [0, 0.05) is 24.9 Å². The van der Waals surface area contributed by atoms with Crippen LogP contribution in [0.5, 0.6) is 0 Å². The predicted molar refractivity (Wildman–Crippen MR) is 81.8 cm³/mol. The van der Waals surface area contributed by atoms with Gasteiger partial charge in [-0.15, -0.1) is 0 Å². The molecule has 0 bridgehead atoms. The van der Waals surface area contributed by atoms with Crippen LogP contribution in [0.1, 0.15) is 40.7 Å². The molecule has 1 atom stereocenters. The molecule has 1 saturated heterocycles. The number of halogens is 2. The van der Waals surface area contributed by atoms with Crippen LogP contribution in [0.3, 0.4) is 0 Å². The first-order valence-corrected chi connectivity index (χ1v) is 7.94. The summed E-state index contributed by atoms with van der Waals surface area (Å²) < 4.78 is 24.5. The molecular weight excluding hydrogens is 334 g/mol. The van der Waals surface area contributed by atoms with Gasteiger partial charge >= 0.3 is 0 Å². The molecule has 8 heteroatoms. The van der Waals surface area contributed by atoms with Crippen LogP contribution in [0.4, 0.5) is 8.78 Å². The van der Waals surface area contributed by atoms with Crippen molar-refractivity contribution in [1.29, 1.82) is 0 Å². The number of ketones is 1. The summed E-state index contributed by atoms with van der Waals surface area (Å²) in [6, 6.07) is 4.23. The summed E-state index contributed by atoms with van der Waals surface area (Å²) in [5.41, 5.74) is 1.83. The lowest BCUT2D eigenvalue weighted by molar-refractivity contribution is -0.137. The van der Waals surface area contributed by atoms with Gasteiger partial charge in [0.2, 0.25) is 11.8 Å². The van der Waals surface area contributed by atoms with Gasteiger partial charge in [-0.3, -0.25) is 24.5 Å². The van der Waals surface area contributed by atoms with Crippen LogP contribution in [0, 0.1) is 0 Å². The van der Waals surface area contributed by atoms with Gasteiger partial charge in [0.15, 0.2) is 5.78 Å². The summed E-state index contributed by atoms with van der Waals surface area (Å²) in [6.07, 6.45) is -2.61. The van der Waals surface area contributed by atoms with Gasteiger partial charge in [0.1, 0.15) is 6.04 Å². The molecule has 0 saturated carbocycles. The summed E-state index contributed by atoms with van der Waals surface area (Å²) in [7, 11) is 0. The van der Waals surface area contributed by atoms with Gasteiger partial charge in [-0.25, -0.2) is 8.78 Å². The van der Waals surface area contributed by atoms with E-state index in [2.05, 4.69) is 5.32 Å². The molecule has 0 aliphatic carbocycles. The van der Waals surface area contributed by atoms with Crippen molar-refractivity contribution in [3.63, 3.8) is 0 Å². The third kappa shape index (κ3) is 3.42. The van der Waals surface area contributed by atoms with Gasteiger partial charge in [0.05, 0.1) is 0 Å². The fourth-order valence-corrected chi connectivity index (χ4v) is 3.16. The van der Waals surface area contributed by atoms with Crippen molar-refractivity contribution in [2.75, 3.05) is 0 Å². The molecule has 132 valence electrons. The van der Waals surface area contributed by atoms with E-state index in [0.29, 0.717) is 16.7 Å². The number of piperidine rings is 1. The predicted octanol–water partition coefficient (Wildman–Crippen LogP) is 1.21. The Hall–Kier alpha value is -2.64. The Morgan fingerprint density at radius 3 is 2.72 bits per heavy atom. The molecule has 1 unspecified atom stereocenters. The number of carbonyl (C=O) groups excluding carboxylic acids is 4. The Morgan fingerprint density at radius 2 is 2.04 bits per heavy atom. The molecule has 2 heterocycles. The molecule has 2 aliphatic rings. The lowest BCUT2D eigenvalue weighted by Gasteiger charge is -2.29. The number of hydrogen-bond donors (Lipinski definition) is 1. The van der Waals surface area contributed by atoms with Crippen molar-refractivity contribution in [2.45, 2.75) is 44.7 Å². The number of rotatable bonds is 5. The van der Waals surface area contributed by atoms with E-state index in [-0.39, 0.29) is 44.0 Å². The molecule has 1 aromatic carbocycles. The fourth-order valence-electron chi connectivity index (χ4n) is 3.16. The van der Waals surface area contributed by atoms with Crippen LogP contribution in [0.25, 0.3) is 0 Å². The van der Waals surface area contributed by atoms with Gasteiger partial charge in [0.25, 0.3) is 12.3 Å². The highest BCUT2D eigenvalue weighted by atomic mass is 19.3. The molecule has 0 spiro atoms. The molecule has 1 fully saturated rings. The Morgan fingerprint density at radius 1 is 1.28 bits per heavy atom. The van der Waals surface area contributed by atoms with Crippen LogP contribution < -0.4 is 5.32 Å². The second kappa shape index (κ2) is 6.70. The van der Waals surface area contributed by atoms with Crippen LogP contribution in [-0.4, -0.2) is 40.9 Å². The minimum atomic E-state index is -2.97. The monoisotopic (exact) mass is 350 g/mol. The van der Waals surface area contributed by atoms with Gasteiger partial charge in [-0.1, -0.05) is 12.1 Å². The highest BCUT2D eigenvalue weighted by molar-refractivity contribution is 6.05. The lowest BCUT2D eigenvalue weighted by atomic mass is 10.0. The normalized spacial score (nSPS) is 20.0.